The monoisotopic (exact) mass is 470 g/mol. The predicted molar refractivity (Wildman–Crippen MR) is 129 cm³/mol. The Morgan fingerprint density at radius 1 is 1.11 bits per heavy atom. The van der Waals surface area contributed by atoms with E-state index in [9.17, 15) is 14.4 Å². The SMILES string of the molecule is CCOC(=O)c1cccc(NC(=O)COc2ccc3c(c2C)OC(=C=O)C=C3c2ccncc2)c1. The van der Waals surface area contributed by atoms with Gasteiger partial charge in [-0.2, -0.15) is 0 Å². The van der Waals surface area contributed by atoms with E-state index >= 15 is 0 Å². The number of carbonyl (C=O) groups is 2. The molecule has 176 valence electrons. The number of fused-ring (bicyclic) bond motifs is 1. The number of carbonyl (C=O) groups excluding carboxylic acids is 3. The Labute approximate surface area is 201 Å². The highest BCUT2D eigenvalue weighted by Crippen LogP contribution is 2.42. The zero-order valence-corrected chi connectivity index (χ0v) is 19.2. The van der Waals surface area contributed by atoms with Gasteiger partial charge in [0, 0.05) is 35.3 Å². The molecule has 0 atom stereocenters. The summed E-state index contributed by atoms with van der Waals surface area (Å²) in [6.45, 7) is 3.50. The summed E-state index contributed by atoms with van der Waals surface area (Å²) in [5, 5.41) is 2.70. The second-order valence-electron chi connectivity index (χ2n) is 7.57. The molecule has 0 saturated heterocycles. The van der Waals surface area contributed by atoms with Crippen LogP contribution >= 0.6 is 0 Å². The molecule has 1 aromatic heterocycles. The lowest BCUT2D eigenvalue weighted by atomic mass is 9.93. The van der Waals surface area contributed by atoms with Crippen LogP contribution in [0.5, 0.6) is 11.5 Å². The first kappa shape index (κ1) is 23.5. The van der Waals surface area contributed by atoms with Crippen LogP contribution in [-0.2, 0) is 14.3 Å². The molecule has 4 rings (SSSR count). The number of allylic oxidation sites excluding steroid dienone is 1. The highest BCUT2D eigenvalue weighted by atomic mass is 16.5. The van der Waals surface area contributed by atoms with E-state index in [0.29, 0.717) is 28.3 Å². The van der Waals surface area contributed by atoms with Crippen molar-refractivity contribution < 1.29 is 28.6 Å². The number of amides is 1. The van der Waals surface area contributed by atoms with Crippen molar-refractivity contribution in [3.8, 4) is 11.5 Å². The second kappa shape index (κ2) is 10.5. The maximum absolute atomic E-state index is 12.5. The lowest BCUT2D eigenvalue weighted by molar-refractivity contribution is -0.118. The number of esters is 1. The minimum Gasteiger partial charge on any atom is -0.483 e. The van der Waals surface area contributed by atoms with Crippen LogP contribution in [0.1, 0.15) is 34.0 Å². The lowest BCUT2D eigenvalue weighted by Crippen LogP contribution is -2.21. The highest BCUT2D eigenvalue weighted by molar-refractivity contribution is 5.95. The van der Waals surface area contributed by atoms with Crippen LogP contribution in [0.4, 0.5) is 5.69 Å². The summed E-state index contributed by atoms with van der Waals surface area (Å²) in [6.07, 6.45) is 4.96. The number of rotatable bonds is 7. The van der Waals surface area contributed by atoms with Crippen LogP contribution in [0.25, 0.3) is 5.57 Å². The highest BCUT2D eigenvalue weighted by Gasteiger charge is 2.23. The number of pyridine rings is 1. The van der Waals surface area contributed by atoms with E-state index in [2.05, 4.69) is 10.3 Å². The number of nitrogens with zero attached hydrogens (tertiary/aromatic N) is 1. The third kappa shape index (κ3) is 5.29. The van der Waals surface area contributed by atoms with Crippen molar-refractivity contribution >= 4 is 29.1 Å². The number of hydrogen-bond donors (Lipinski definition) is 1. The van der Waals surface area contributed by atoms with Gasteiger partial charge in [0.1, 0.15) is 11.5 Å². The van der Waals surface area contributed by atoms with E-state index in [0.717, 1.165) is 16.7 Å². The number of benzene rings is 2. The Bertz CT molecular complexity index is 1360. The molecule has 0 aliphatic carbocycles. The standard InChI is InChI=1S/C27H22N2O6/c1-3-33-27(32)19-5-4-6-20(13-19)29-25(31)16-34-24-8-7-22-23(18-9-11-28-12-10-18)14-21(15-30)35-26(22)17(24)2/h4-14H,3,16H2,1-2H3,(H,29,31). The number of aromatic nitrogens is 1. The van der Waals surface area contributed by atoms with Crippen molar-refractivity contribution in [1.29, 1.82) is 0 Å². The molecule has 35 heavy (non-hydrogen) atoms. The van der Waals surface area contributed by atoms with Crippen LogP contribution in [-0.4, -0.2) is 36.0 Å². The molecule has 2 aromatic carbocycles. The van der Waals surface area contributed by atoms with Gasteiger partial charge in [0.05, 0.1) is 12.2 Å². The third-order valence-corrected chi connectivity index (χ3v) is 5.24. The van der Waals surface area contributed by atoms with Crippen molar-refractivity contribution in [2.24, 2.45) is 0 Å². The van der Waals surface area contributed by atoms with Crippen molar-refractivity contribution in [3.63, 3.8) is 0 Å². The molecule has 1 amide bonds. The molecule has 8 heteroatoms. The first-order valence-electron chi connectivity index (χ1n) is 10.9. The van der Waals surface area contributed by atoms with Gasteiger partial charge in [-0.1, -0.05) is 6.07 Å². The molecule has 1 aliphatic heterocycles. The fraction of sp³-hybridized carbons (Fsp3) is 0.148. The molecular formula is C27H22N2O6. The van der Waals surface area contributed by atoms with Gasteiger partial charge in [0.2, 0.25) is 5.76 Å². The molecule has 0 saturated carbocycles. The molecule has 3 aromatic rings. The summed E-state index contributed by atoms with van der Waals surface area (Å²) in [4.78, 5) is 39.8. The van der Waals surface area contributed by atoms with Crippen molar-refractivity contribution in [2.45, 2.75) is 13.8 Å². The van der Waals surface area contributed by atoms with E-state index in [4.69, 9.17) is 14.2 Å². The average molecular weight is 470 g/mol. The van der Waals surface area contributed by atoms with E-state index in [-0.39, 0.29) is 19.0 Å². The first-order chi connectivity index (χ1) is 17.0. The fourth-order valence-corrected chi connectivity index (χ4v) is 3.62. The Morgan fingerprint density at radius 3 is 2.66 bits per heavy atom. The molecule has 2 heterocycles. The zero-order chi connectivity index (χ0) is 24.8. The number of anilines is 1. The first-order valence-corrected chi connectivity index (χ1v) is 10.9. The smallest absolute Gasteiger partial charge is 0.338 e. The van der Waals surface area contributed by atoms with Crippen molar-refractivity contribution in [2.75, 3.05) is 18.5 Å². The Kier molecular flexibility index (Phi) is 7.04. The maximum Gasteiger partial charge on any atom is 0.338 e. The van der Waals surface area contributed by atoms with Crippen LogP contribution in [0.15, 0.2) is 72.8 Å². The van der Waals surface area contributed by atoms with Gasteiger partial charge < -0.3 is 19.5 Å². The number of nitrogens with one attached hydrogen (secondary N) is 1. The minimum atomic E-state index is -0.464. The molecule has 8 nitrogen and oxygen atoms in total. The normalized spacial score (nSPS) is 11.9. The maximum atomic E-state index is 12.5. The number of ether oxygens (including phenoxy) is 3. The van der Waals surface area contributed by atoms with Crippen LogP contribution < -0.4 is 14.8 Å². The molecule has 0 bridgehead atoms. The van der Waals surface area contributed by atoms with Crippen molar-refractivity contribution in [3.05, 3.63) is 95.0 Å². The van der Waals surface area contributed by atoms with Gasteiger partial charge in [-0.3, -0.25) is 9.78 Å². The molecule has 1 N–H and O–H groups in total. The van der Waals surface area contributed by atoms with E-state index in [1.54, 1.807) is 62.5 Å². The summed E-state index contributed by atoms with van der Waals surface area (Å²) in [5.74, 6) is 1.86. The molecule has 1 aliphatic rings. The second-order valence-corrected chi connectivity index (χ2v) is 7.57. The average Bonchev–Trinajstić information content (AvgIpc) is 2.88. The number of hydrogen-bond acceptors (Lipinski definition) is 7. The minimum absolute atomic E-state index is 0.0452. The molecule has 0 fully saturated rings. The van der Waals surface area contributed by atoms with Crippen LogP contribution in [0.2, 0.25) is 0 Å². The van der Waals surface area contributed by atoms with E-state index in [1.807, 2.05) is 18.2 Å². The molecule has 0 spiro atoms. The predicted octanol–water partition coefficient (Wildman–Crippen LogP) is 4.12. The van der Waals surface area contributed by atoms with Gasteiger partial charge >= 0.3 is 5.97 Å². The third-order valence-electron chi connectivity index (χ3n) is 5.24. The summed E-state index contributed by atoms with van der Waals surface area (Å²) in [7, 11) is 0. The summed E-state index contributed by atoms with van der Waals surface area (Å²) >= 11 is 0. The Morgan fingerprint density at radius 2 is 1.91 bits per heavy atom. The summed E-state index contributed by atoms with van der Waals surface area (Å²) in [6, 6.07) is 13.7. The van der Waals surface area contributed by atoms with E-state index < -0.39 is 11.9 Å². The molecule has 0 unspecified atom stereocenters. The summed E-state index contributed by atoms with van der Waals surface area (Å²) in [5.41, 5.74) is 3.86. The fourth-order valence-electron chi connectivity index (χ4n) is 3.62. The summed E-state index contributed by atoms with van der Waals surface area (Å²) < 4.78 is 16.5. The quantitative estimate of drug-likeness (QED) is 0.409. The topological polar surface area (TPSA) is 104 Å². The zero-order valence-electron chi connectivity index (χ0n) is 19.2. The van der Waals surface area contributed by atoms with E-state index in [1.165, 1.54) is 6.07 Å². The van der Waals surface area contributed by atoms with Crippen LogP contribution in [0, 0.1) is 6.92 Å². The molecular weight excluding hydrogens is 448 g/mol. The van der Waals surface area contributed by atoms with Gasteiger partial charge in [-0.25, -0.2) is 9.59 Å². The largest absolute Gasteiger partial charge is 0.483 e. The Hall–Kier alpha value is -4.68. The lowest BCUT2D eigenvalue weighted by Gasteiger charge is -2.22. The van der Waals surface area contributed by atoms with Gasteiger partial charge in [-0.15, -0.1) is 0 Å². The van der Waals surface area contributed by atoms with Crippen molar-refractivity contribution in [1.82, 2.24) is 4.98 Å². The Balaban J connectivity index is 1.50. The van der Waals surface area contributed by atoms with Gasteiger partial charge in [0.25, 0.3) is 5.91 Å². The van der Waals surface area contributed by atoms with Gasteiger partial charge in [0.15, 0.2) is 12.5 Å². The van der Waals surface area contributed by atoms with Gasteiger partial charge in [-0.05, 0) is 67.4 Å². The van der Waals surface area contributed by atoms with Crippen LogP contribution in [0.3, 0.4) is 0 Å². The molecule has 0 radical (unpaired) electrons.